The van der Waals surface area contributed by atoms with E-state index in [1.54, 1.807) is 6.07 Å². The van der Waals surface area contributed by atoms with Crippen molar-refractivity contribution in [2.24, 2.45) is 5.92 Å². The molecule has 0 aromatic heterocycles. The van der Waals surface area contributed by atoms with Crippen LogP contribution in [0.5, 0.6) is 0 Å². The van der Waals surface area contributed by atoms with Crippen molar-refractivity contribution in [1.82, 2.24) is 4.90 Å². The Balaban J connectivity index is 1.60. The van der Waals surface area contributed by atoms with Gasteiger partial charge < -0.3 is 0 Å². The molecule has 1 atom stereocenters. The van der Waals surface area contributed by atoms with Crippen LogP contribution in [0.3, 0.4) is 0 Å². The summed E-state index contributed by atoms with van der Waals surface area (Å²) < 4.78 is 14.5. The molecular formula is C22H24FNO. The van der Waals surface area contributed by atoms with E-state index in [1.165, 1.54) is 24.5 Å². The van der Waals surface area contributed by atoms with Crippen molar-refractivity contribution in [3.05, 3.63) is 59.4 Å². The van der Waals surface area contributed by atoms with Gasteiger partial charge >= 0.3 is 0 Å². The van der Waals surface area contributed by atoms with Gasteiger partial charge in [-0.1, -0.05) is 24.3 Å². The van der Waals surface area contributed by atoms with Gasteiger partial charge in [0.25, 0.3) is 0 Å². The lowest BCUT2D eigenvalue weighted by molar-refractivity contribution is 0.0963. The van der Waals surface area contributed by atoms with E-state index in [-0.39, 0.29) is 17.3 Å². The molecule has 2 aromatic rings. The molecule has 1 heterocycles. The van der Waals surface area contributed by atoms with Crippen LogP contribution in [-0.2, 0) is 0 Å². The third-order valence-electron chi connectivity index (χ3n) is 5.57. The minimum atomic E-state index is -0.396. The molecule has 0 bridgehead atoms. The fraction of sp³-hybridized carbons (Fsp3) is 0.409. The molecule has 0 amide bonds. The quantitative estimate of drug-likeness (QED) is 0.695. The Morgan fingerprint density at radius 3 is 2.48 bits per heavy atom. The number of hydrogen-bond acceptors (Lipinski definition) is 2. The van der Waals surface area contributed by atoms with Crippen molar-refractivity contribution in [3.63, 3.8) is 0 Å². The fourth-order valence-corrected chi connectivity index (χ4v) is 3.78. The number of benzene rings is 2. The van der Waals surface area contributed by atoms with Crippen molar-refractivity contribution in [3.8, 4) is 11.1 Å². The summed E-state index contributed by atoms with van der Waals surface area (Å²) in [6.45, 7) is 4.54. The van der Waals surface area contributed by atoms with E-state index in [1.807, 2.05) is 18.2 Å². The van der Waals surface area contributed by atoms with Crippen LogP contribution in [0.2, 0.25) is 0 Å². The van der Waals surface area contributed by atoms with E-state index in [4.69, 9.17) is 0 Å². The average molecular weight is 337 g/mol. The molecule has 2 nitrogen and oxygen atoms in total. The molecule has 4 rings (SSSR count). The lowest BCUT2D eigenvalue weighted by atomic mass is 9.97. The zero-order valence-electron chi connectivity index (χ0n) is 14.7. The maximum atomic E-state index is 14.5. The SMILES string of the molecule is CC(c1cccc(-c2ccc(C(=O)C3CC3)c(F)c2)c1)N1CCCC1. The van der Waals surface area contributed by atoms with E-state index in [0.29, 0.717) is 6.04 Å². The second-order valence-corrected chi connectivity index (χ2v) is 7.38. The highest BCUT2D eigenvalue weighted by Gasteiger charge is 2.32. The summed E-state index contributed by atoms with van der Waals surface area (Å²) in [6.07, 6.45) is 4.34. The molecule has 1 aliphatic carbocycles. The van der Waals surface area contributed by atoms with Crippen LogP contribution >= 0.6 is 0 Å². The Bertz CT molecular complexity index is 790. The van der Waals surface area contributed by atoms with Crippen LogP contribution in [0.4, 0.5) is 4.39 Å². The smallest absolute Gasteiger partial charge is 0.168 e. The Morgan fingerprint density at radius 2 is 1.80 bits per heavy atom. The standard InChI is InChI=1S/C22H24FNO/c1-15(24-11-2-3-12-24)17-5-4-6-18(13-17)19-9-10-20(21(23)14-19)22(25)16-7-8-16/h4-6,9-10,13-16H,2-3,7-8,11-12H2,1H3. The first-order valence-electron chi connectivity index (χ1n) is 9.31. The molecule has 25 heavy (non-hydrogen) atoms. The third kappa shape index (κ3) is 3.38. The molecule has 2 fully saturated rings. The molecule has 1 aliphatic heterocycles. The predicted octanol–water partition coefficient (Wildman–Crippen LogP) is 5.24. The van der Waals surface area contributed by atoms with Crippen molar-refractivity contribution in [2.75, 3.05) is 13.1 Å². The zero-order chi connectivity index (χ0) is 17.4. The van der Waals surface area contributed by atoms with Gasteiger partial charge in [-0.25, -0.2) is 4.39 Å². The van der Waals surface area contributed by atoms with Gasteiger partial charge in [0, 0.05) is 12.0 Å². The van der Waals surface area contributed by atoms with Gasteiger partial charge in [0.15, 0.2) is 5.78 Å². The second-order valence-electron chi connectivity index (χ2n) is 7.38. The Morgan fingerprint density at radius 1 is 1.08 bits per heavy atom. The number of hydrogen-bond donors (Lipinski definition) is 0. The van der Waals surface area contributed by atoms with Gasteiger partial charge in [-0.15, -0.1) is 0 Å². The lowest BCUT2D eigenvalue weighted by Gasteiger charge is -2.24. The summed E-state index contributed by atoms with van der Waals surface area (Å²) in [5, 5.41) is 0. The van der Waals surface area contributed by atoms with Gasteiger partial charge in [0.1, 0.15) is 5.82 Å². The van der Waals surface area contributed by atoms with E-state index in [0.717, 1.165) is 37.1 Å². The molecule has 0 spiro atoms. The first kappa shape index (κ1) is 16.5. The van der Waals surface area contributed by atoms with Crippen molar-refractivity contribution in [1.29, 1.82) is 0 Å². The fourth-order valence-electron chi connectivity index (χ4n) is 3.78. The van der Waals surface area contributed by atoms with Crippen LogP contribution in [0.15, 0.2) is 42.5 Å². The number of likely N-dealkylation sites (tertiary alicyclic amines) is 1. The lowest BCUT2D eigenvalue weighted by Crippen LogP contribution is -2.23. The van der Waals surface area contributed by atoms with Gasteiger partial charge in [-0.2, -0.15) is 0 Å². The van der Waals surface area contributed by atoms with E-state index in [9.17, 15) is 9.18 Å². The largest absolute Gasteiger partial charge is 0.297 e. The van der Waals surface area contributed by atoms with Gasteiger partial charge in [0.2, 0.25) is 0 Å². The summed E-state index contributed by atoms with van der Waals surface area (Å²) in [4.78, 5) is 14.6. The molecule has 130 valence electrons. The first-order valence-corrected chi connectivity index (χ1v) is 9.31. The summed E-state index contributed by atoms with van der Waals surface area (Å²) >= 11 is 0. The molecule has 1 saturated carbocycles. The minimum Gasteiger partial charge on any atom is -0.297 e. The van der Waals surface area contributed by atoms with Crippen LogP contribution in [0, 0.1) is 11.7 Å². The minimum absolute atomic E-state index is 0.0412. The second kappa shape index (κ2) is 6.72. The highest BCUT2D eigenvalue weighted by Crippen LogP contribution is 2.34. The Kier molecular flexibility index (Phi) is 4.43. The van der Waals surface area contributed by atoms with Crippen LogP contribution < -0.4 is 0 Å². The molecular weight excluding hydrogens is 313 g/mol. The normalized spacial score (nSPS) is 19.1. The molecule has 0 radical (unpaired) electrons. The Labute approximate surface area is 148 Å². The highest BCUT2D eigenvalue weighted by atomic mass is 19.1. The first-order chi connectivity index (χ1) is 12.1. The molecule has 0 N–H and O–H groups in total. The number of carbonyl (C=O) groups excluding carboxylic acids is 1. The average Bonchev–Trinajstić information content (AvgIpc) is 3.35. The van der Waals surface area contributed by atoms with Crippen molar-refractivity contribution in [2.45, 2.75) is 38.6 Å². The van der Waals surface area contributed by atoms with Crippen LogP contribution in [0.1, 0.15) is 54.6 Å². The van der Waals surface area contributed by atoms with Crippen LogP contribution in [0.25, 0.3) is 11.1 Å². The Hall–Kier alpha value is -2.00. The van der Waals surface area contributed by atoms with Crippen molar-refractivity contribution < 1.29 is 9.18 Å². The van der Waals surface area contributed by atoms with Gasteiger partial charge in [-0.3, -0.25) is 9.69 Å². The maximum absolute atomic E-state index is 14.5. The summed E-state index contributed by atoms with van der Waals surface area (Å²) in [5.74, 6) is -0.391. The number of carbonyl (C=O) groups is 1. The number of rotatable bonds is 5. The van der Waals surface area contributed by atoms with E-state index < -0.39 is 5.82 Å². The molecule has 3 heteroatoms. The highest BCUT2D eigenvalue weighted by molar-refractivity contribution is 5.99. The molecule has 1 unspecified atom stereocenters. The van der Waals surface area contributed by atoms with Gasteiger partial charge in [-0.05, 0) is 80.6 Å². The predicted molar refractivity (Wildman–Crippen MR) is 98.1 cm³/mol. The number of halogens is 1. The summed E-state index contributed by atoms with van der Waals surface area (Å²) in [6, 6.07) is 13.8. The van der Waals surface area contributed by atoms with E-state index >= 15 is 0 Å². The maximum Gasteiger partial charge on any atom is 0.168 e. The van der Waals surface area contributed by atoms with E-state index in [2.05, 4.69) is 24.0 Å². The summed E-state index contributed by atoms with van der Waals surface area (Å²) in [5.41, 5.74) is 3.35. The topological polar surface area (TPSA) is 20.3 Å². The van der Waals surface area contributed by atoms with Gasteiger partial charge in [0.05, 0.1) is 5.56 Å². The molecule has 2 aliphatic rings. The summed E-state index contributed by atoms with van der Waals surface area (Å²) in [7, 11) is 0. The van der Waals surface area contributed by atoms with Crippen molar-refractivity contribution >= 4 is 5.78 Å². The molecule has 1 saturated heterocycles. The number of ketones is 1. The van der Waals surface area contributed by atoms with Crippen LogP contribution in [-0.4, -0.2) is 23.8 Å². The number of Topliss-reactive ketones (excluding diaryl/α,β-unsaturated/α-hetero) is 1. The number of nitrogens with zero attached hydrogens (tertiary/aromatic N) is 1. The third-order valence-corrected chi connectivity index (χ3v) is 5.57. The zero-order valence-corrected chi connectivity index (χ0v) is 14.7. The monoisotopic (exact) mass is 337 g/mol. The molecule has 2 aromatic carbocycles.